The van der Waals surface area contributed by atoms with Gasteiger partial charge in [0, 0.05) is 14.6 Å². The normalized spacial score (nSPS) is 10.2. The topological polar surface area (TPSA) is 75.3 Å². The fourth-order valence-electron chi connectivity index (χ4n) is 1.60. The Hall–Kier alpha value is -1.53. The molecule has 98 valence electrons. The van der Waals surface area contributed by atoms with Crippen LogP contribution in [0.3, 0.4) is 0 Å². The molecule has 2 aromatic rings. The third-order valence-electron chi connectivity index (χ3n) is 2.50. The number of hydrogen-bond donors (Lipinski definition) is 3. The average molecular weight is 386 g/mol. The zero-order valence-corrected chi connectivity index (χ0v) is 12.8. The highest BCUT2D eigenvalue weighted by Gasteiger charge is 2.13. The first-order valence-corrected chi connectivity index (χ1v) is 6.91. The van der Waals surface area contributed by atoms with Gasteiger partial charge in [-0.15, -0.1) is 0 Å². The molecule has 0 spiro atoms. The van der Waals surface area contributed by atoms with E-state index in [1.807, 2.05) is 18.2 Å². The summed E-state index contributed by atoms with van der Waals surface area (Å²) in [6.07, 6.45) is 0. The van der Waals surface area contributed by atoms with Gasteiger partial charge < -0.3 is 16.2 Å². The van der Waals surface area contributed by atoms with Crippen molar-refractivity contribution in [2.24, 2.45) is 0 Å². The second-order valence-corrected chi connectivity index (χ2v) is 5.54. The molecular weight excluding hydrogens is 376 g/mol. The Balaban J connectivity index is 2.47. The Morgan fingerprint density at radius 3 is 2.37 bits per heavy atom. The zero-order chi connectivity index (χ0) is 14.0. The van der Waals surface area contributed by atoms with Gasteiger partial charge in [0.25, 0.3) is 0 Å². The first-order valence-electron chi connectivity index (χ1n) is 5.33. The average Bonchev–Trinajstić information content (AvgIpc) is 2.35. The van der Waals surface area contributed by atoms with Crippen LogP contribution in [0, 0.1) is 0 Å². The predicted octanol–water partition coefficient (Wildman–Crippen LogP) is 4.24. The van der Waals surface area contributed by atoms with E-state index < -0.39 is 5.97 Å². The van der Waals surface area contributed by atoms with Gasteiger partial charge in [-0.25, -0.2) is 4.79 Å². The van der Waals surface area contributed by atoms with Crippen molar-refractivity contribution < 1.29 is 9.90 Å². The van der Waals surface area contributed by atoms with Gasteiger partial charge in [-0.1, -0.05) is 6.07 Å². The van der Waals surface area contributed by atoms with Crippen molar-refractivity contribution in [3.63, 3.8) is 0 Å². The molecule has 0 aliphatic rings. The zero-order valence-electron chi connectivity index (χ0n) is 9.65. The molecule has 0 saturated heterocycles. The van der Waals surface area contributed by atoms with E-state index in [0.29, 0.717) is 11.4 Å². The smallest absolute Gasteiger partial charge is 0.337 e. The van der Waals surface area contributed by atoms with E-state index >= 15 is 0 Å². The molecule has 0 aliphatic carbocycles. The molecule has 0 aromatic heterocycles. The standard InChI is InChI=1S/C13H10Br2N2O2/c14-9-2-1-3-10(15)12(9)17-11-5-4-7(16)6-8(11)13(18)19/h1-6,17H,16H2,(H,18,19). The Morgan fingerprint density at radius 2 is 1.79 bits per heavy atom. The van der Waals surface area contributed by atoms with Crippen molar-refractivity contribution in [1.29, 1.82) is 0 Å². The third kappa shape index (κ3) is 3.08. The van der Waals surface area contributed by atoms with Gasteiger partial charge in [0.1, 0.15) is 0 Å². The fourth-order valence-corrected chi connectivity index (χ4v) is 2.80. The molecule has 2 aromatic carbocycles. The molecule has 0 heterocycles. The molecular formula is C13H10Br2N2O2. The molecule has 0 bridgehead atoms. The lowest BCUT2D eigenvalue weighted by molar-refractivity contribution is 0.0698. The number of carboxylic acid groups (broad SMARTS) is 1. The summed E-state index contributed by atoms with van der Waals surface area (Å²) >= 11 is 6.83. The number of aromatic carboxylic acids is 1. The first-order chi connectivity index (χ1) is 8.99. The number of hydrogen-bond acceptors (Lipinski definition) is 3. The number of para-hydroxylation sites is 1. The second kappa shape index (κ2) is 5.63. The molecule has 4 N–H and O–H groups in total. The number of halogens is 2. The summed E-state index contributed by atoms with van der Waals surface area (Å²) in [6.45, 7) is 0. The van der Waals surface area contributed by atoms with Gasteiger partial charge in [0.15, 0.2) is 0 Å². The Bertz CT molecular complexity index is 624. The van der Waals surface area contributed by atoms with E-state index in [9.17, 15) is 9.90 Å². The van der Waals surface area contributed by atoms with Crippen molar-refractivity contribution in [2.45, 2.75) is 0 Å². The van der Waals surface area contributed by atoms with Crippen LogP contribution in [0.25, 0.3) is 0 Å². The molecule has 0 saturated carbocycles. The van der Waals surface area contributed by atoms with Crippen molar-refractivity contribution in [3.8, 4) is 0 Å². The molecule has 0 aliphatic heterocycles. The van der Waals surface area contributed by atoms with Crippen LogP contribution < -0.4 is 11.1 Å². The van der Waals surface area contributed by atoms with Crippen molar-refractivity contribution >= 4 is 54.9 Å². The Morgan fingerprint density at radius 1 is 1.16 bits per heavy atom. The molecule has 19 heavy (non-hydrogen) atoms. The van der Waals surface area contributed by atoms with Crippen molar-refractivity contribution in [1.82, 2.24) is 0 Å². The van der Waals surface area contributed by atoms with Crippen molar-refractivity contribution in [2.75, 3.05) is 11.1 Å². The number of nitrogens with one attached hydrogen (secondary N) is 1. The quantitative estimate of drug-likeness (QED) is 0.691. The fraction of sp³-hybridized carbons (Fsp3) is 0. The summed E-state index contributed by atoms with van der Waals surface area (Å²) in [5, 5.41) is 12.3. The first kappa shape index (κ1) is 13.9. The van der Waals surface area contributed by atoms with Gasteiger partial charge in [-0.05, 0) is 62.2 Å². The van der Waals surface area contributed by atoms with Crippen LogP contribution >= 0.6 is 31.9 Å². The van der Waals surface area contributed by atoms with Gasteiger partial charge in [-0.3, -0.25) is 0 Å². The number of benzene rings is 2. The van der Waals surface area contributed by atoms with Crippen LogP contribution in [0.1, 0.15) is 10.4 Å². The molecule has 0 unspecified atom stereocenters. The maximum Gasteiger partial charge on any atom is 0.337 e. The molecule has 0 atom stereocenters. The summed E-state index contributed by atoms with van der Waals surface area (Å²) in [7, 11) is 0. The minimum absolute atomic E-state index is 0.127. The van der Waals surface area contributed by atoms with Crippen LogP contribution in [0.15, 0.2) is 45.3 Å². The van der Waals surface area contributed by atoms with E-state index in [1.54, 1.807) is 12.1 Å². The second-order valence-electron chi connectivity index (χ2n) is 3.83. The van der Waals surface area contributed by atoms with Gasteiger partial charge in [-0.2, -0.15) is 0 Å². The lowest BCUT2D eigenvalue weighted by atomic mass is 10.1. The van der Waals surface area contributed by atoms with Crippen LogP contribution in [-0.4, -0.2) is 11.1 Å². The highest BCUT2D eigenvalue weighted by atomic mass is 79.9. The third-order valence-corrected chi connectivity index (χ3v) is 3.82. The van der Waals surface area contributed by atoms with E-state index in [4.69, 9.17) is 5.73 Å². The summed E-state index contributed by atoms with van der Waals surface area (Å²) in [5.41, 5.74) is 7.39. The Labute approximate surface area is 126 Å². The van der Waals surface area contributed by atoms with Crippen molar-refractivity contribution in [3.05, 3.63) is 50.9 Å². The summed E-state index contributed by atoms with van der Waals surface area (Å²) in [5.74, 6) is -1.03. The summed E-state index contributed by atoms with van der Waals surface area (Å²) in [4.78, 5) is 11.2. The number of nitrogen functional groups attached to an aromatic ring is 1. The van der Waals surface area contributed by atoms with Crippen LogP contribution in [0.4, 0.5) is 17.1 Å². The molecule has 4 nitrogen and oxygen atoms in total. The maximum atomic E-state index is 11.2. The number of carboxylic acids is 1. The van der Waals surface area contributed by atoms with Gasteiger partial charge >= 0.3 is 5.97 Å². The summed E-state index contributed by atoms with van der Waals surface area (Å²) < 4.78 is 1.66. The van der Waals surface area contributed by atoms with Gasteiger partial charge in [0.2, 0.25) is 0 Å². The minimum Gasteiger partial charge on any atom is -0.478 e. The van der Waals surface area contributed by atoms with Crippen LogP contribution in [-0.2, 0) is 0 Å². The molecule has 0 fully saturated rings. The monoisotopic (exact) mass is 384 g/mol. The molecule has 0 radical (unpaired) electrons. The number of rotatable bonds is 3. The van der Waals surface area contributed by atoms with E-state index in [0.717, 1.165) is 14.6 Å². The van der Waals surface area contributed by atoms with E-state index in [-0.39, 0.29) is 5.56 Å². The predicted molar refractivity (Wildman–Crippen MR) is 82.9 cm³/mol. The maximum absolute atomic E-state index is 11.2. The SMILES string of the molecule is Nc1ccc(Nc2c(Br)cccc2Br)c(C(=O)O)c1. The lowest BCUT2D eigenvalue weighted by Crippen LogP contribution is -2.04. The molecule has 6 heteroatoms. The van der Waals surface area contributed by atoms with Gasteiger partial charge in [0.05, 0.1) is 16.9 Å². The highest BCUT2D eigenvalue weighted by molar-refractivity contribution is 9.11. The van der Waals surface area contributed by atoms with Crippen LogP contribution in [0.2, 0.25) is 0 Å². The largest absolute Gasteiger partial charge is 0.478 e. The highest BCUT2D eigenvalue weighted by Crippen LogP contribution is 2.34. The Kier molecular flexibility index (Phi) is 4.11. The molecule has 2 rings (SSSR count). The number of anilines is 3. The number of nitrogens with two attached hydrogens (primary N) is 1. The number of carbonyl (C=O) groups is 1. The summed E-state index contributed by atoms with van der Waals surface area (Å²) in [6, 6.07) is 10.3. The molecule has 0 amide bonds. The van der Waals surface area contributed by atoms with E-state index in [1.165, 1.54) is 6.07 Å². The lowest BCUT2D eigenvalue weighted by Gasteiger charge is -2.13. The van der Waals surface area contributed by atoms with E-state index in [2.05, 4.69) is 37.2 Å². The minimum atomic E-state index is -1.03. The van der Waals surface area contributed by atoms with Crippen LogP contribution in [0.5, 0.6) is 0 Å².